The molecule has 4 heteroatoms. The number of aliphatic carboxylic acids is 1. The first-order chi connectivity index (χ1) is 6.99. The Kier molecular flexibility index (Phi) is 5.78. The molecule has 0 radical (unpaired) electrons. The Bertz CT molecular complexity index is 331. The van der Waals surface area contributed by atoms with Crippen LogP contribution in [0, 0.1) is 5.92 Å². The smallest absolute Gasteiger partial charge is 0.305 e. The number of phenols is 1. The minimum absolute atomic E-state index is 0.0347. The van der Waals surface area contributed by atoms with Gasteiger partial charge in [-0.1, -0.05) is 26.0 Å². The lowest BCUT2D eigenvalue weighted by Crippen LogP contribution is -2.03. The maximum Gasteiger partial charge on any atom is 0.305 e. The van der Waals surface area contributed by atoms with Crippen molar-refractivity contribution in [1.82, 2.24) is 0 Å². The summed E-state index contributed by atoms with van der Waals surface area (Å²) in [7, 11) is 0. The number of para-hydroxylation sites is 1. The van der Waals surface area contributed by atoms with Crippen molar-refractivity contribution in [2.75, 3.05) is 0 Å². The van der Waals surface area contributed by atoms with Crippen molar-refractivity contribution in [3.8, 4) is 5.75 Å². The van der Waals surface area contributed by atoms with Crippen LogP contribution in [0.5, 0.6) is 5.75 Å². The van der Waals surface area contributed by atoms with Gasteiger partial charge < -0.3 is 10.2 Å². The van der Waals surface area contributed by atoms with Crippen LogP contribution in [0.2, 0.25) is 0 Å². The Morgan fingerprint density at radius 1 is 1.33 bits per heavy atom. The monoisotopic (exact) mass is 210 g/mol. The van der Waals surface area contributed by atoms with Gasteiger partial charge in [0.2, 0.25) is 0 Å². The summed E-state index contributed by atoms with van der Waals surface area (Å²) < 4.78 is 0. The van der Waals surface area contributed by atoms with Crippen LogP contribution in [0.15, 0.2) is 24.3 Å². The molecule has 0 fully saturated rings. The van der Waals surface area contributed by atoms with E-state index in [1.165, 1.54) is 6.07 Å². The Hall–Kier alpha value is -1.84. The first-order valence-corrected chi connectivity index (χ1v) is 4.45. The van der Waals surface area contributed by atoms with E-state index in [0.717, 1.165) is 0 Å². The number of carbonyl (C=O) groups excluding carboxylic acids is 1. The molecule has 0 saturated carbocycles. The number of phenolic OH excluding ortho intramolecular Hbond substituents is 1. The van der Waals surface area contributed by atoms with E-state index in [1.807, 2.05) is 0 Å². The maximum atomic E-state index is 10.1. The van der Waals surface area contributed by atoms with Crippen molar-refractivity contribution in [3.63, 3.8) is 0 Å². The van der Waals surface area contributed by atoms with Gasteiger partial charge in [-0.2, -0.15) is 0 Å². The number of rotatable bonds is 2. The summed E-state index contributed by atoms with van der Waals surface area (Å²) in [5.41, 5.74) is 0.331. The molecule has 15 heavy (non-hydrogen) atoms. The SMILES string of the molecule is CC(C)C(=O)O.O=Cc1ccccc1O. The molecule has 82 valence electrons. The molecule has 2 N–H and O–H groups in total. The molecule has 0 aliphatic rings. The molecule has 4 nitrogen and oxygen atoms in total. The van der Waals surface area contributed by atoms with E-state index >= 15 is 0 Å². The van der Waals surface area contributed by atoms with E-state index in [1.54, 1.807) is 32.0 Å². The normalized spacial score (nSPS) is 9.00. The number of aromatic hydroxyl groups is 1. The molecule has 1 rings (SSSR count). The van der Waals surface area contributed by atoms with Gasteiger partial charge in [0.15, 0.2) is 6.29 Å². The van der Waals surface area contributed by atoms with E-state index in [-0.39, 0.29) is 11.7 Å². The predicted molar refractivity (Wildman–Crippen MR) is 56.0 cm³/mol. The van der Waals surface area contributed by atoms with Crippen LogP contribution in [0.3, 0.4) is 0 Å². The van der Waals surface area contributed by atoms with Gasteiger partial charge in [0.25, 0.3) is 0 Å². The van der Waals surface area contributed by atoms with Crippen LogP contribution in [0.1, 0.15) is 24.2 Å². The van der Waals surface area contributed by atoms with Crippen LogP contribution < -0.4 is 0 Å². The van der Waals surface area contributed by atoms with E-state index in [0.29, 0.717) is 11.8 Å². The van der Waals surface area contributed by atoms with Crippen LogP contribution in [-0.4, -0.2) is 22.5 Å². The van der Waals surface area contributed by atoms with E-state index in [4.69, 9.17) is 10.2 Å². The van der Waals surface area contributed by atoms with Gasteiger partial charge in [-0.3, -0.25) is 9.59 Å². The summed E-state index contributed by atoms with van der Waals surface area (Å²) >= 11 is 0. The van der Waals surface area contributed by atoms with E-state index in [2.05, 4.69) is 0 Å². The second-order valence-corrected chi connectivity index (χ2v) is 3.17. The number of hydrogen-bond donors (Lipinski definition) is 2. The summed E-state index contributed by atoms with van der Waals surface area (Å²) in [5.74, 6) is -0.937. The molecule has 0 heterocycles. The zero-order chi connectivity index (χ0) is 11.8. The highest BCUT2D eigenvalue weighted by Gasteiger charge is 1.99. The highest BCUT2D eigenvalue weighted by molar-refractivity contribution is 5.78. The van der Waals surface area contributed by atoms with Crippen molar-refractivity contribution in [2.45, 2.75) is 13.8 Å². The number of hydrogen-bond acceptors (Lipinski definition) is 3. The zero-order valence-corrected chi connectivity index (χ0v) is 8.68. The topological polar surface area (TPSA) is 74.6 Å². The molecule has 1 aromatic rings. The average molecular weight is 210 g/mol. The molecule has 0 atom stereocenters. The lowest BCUT2D eigenvalue weighted by Gasteiger charge is -1.91. The van der Waals surface area contributed by atoms with Gasteiger partial charge in [0, 0.05) is 0 Å². The molecule has 0 unspecified atom stereocenters. The van der Waals surface area contributed by atoms with Crippen molar-refractivity contribution < 1.29 is 19.8 Å². The molecule has 0 saturated heterocycles. The molecule has 0 bridgehead atoms. The number of aldehydes is 1. The largest absolute Gasteiger partial charge is 0.507 e. The third kappa shape index (κ3) is 5.46. The molecule has 0 spiro atoms. The third-order valence-electron chi connectivity index (χ3n) is 1.56. The quantitative estimate of drug-likeness (QED) is 0.731. The van der Waals surface area contributed by atoms with Crippen LogP contribution >= 0.6 is 0 Å². The van der Waals surface area contributed by atoms with Gasteiger partial charge in [0.05, 0.1) is 11.5 Å². The Balaban J connectivity index is 0.000000288. The molecule has 0 aromatic heterocycles. The maximum absolute atomic E-state index is 10.1. The minimum atomic E-state index is -0.741. The first-order valence-electron chi connectivity index (χ1n) is 4.45. The average Bonchev–Trinajstić information content (AvgIpc) is 2.19. The fourth-order valence-electron chi connectivity index (χ4n) is 0.587. The Morgan fingerprint density at radius 2 is 1.80 bits per heavy atom. The Labute approximate surface area is 88.2 Å². The number of carbonyl (C=O) groups is 2. The van der Waals surface area contributed by atoms with Gasteiger partial charge in [0.1, 0.15) is 5.75 Å². The lowest BCUT2D eigenvalue weighted by atomic mass is 10.2. The van der Waals surface area contributed by atoms with Crippen LogP contribution in [0.4, 0.5) is 0 Å². The van der Waals surface area contributed by atoms with Gasteiger partial charge in [-0.25, -0.2) is 0 Å². The molecular formula is C11H14O4. The Morgan fingerprint density at radius 3 is 2.07 bits per heavy atom. The van der Waals surface area contributed by atoms with Gasteiger partial charge >= 0.3 is 5.97 Å². The fraction of sp³-hybridized carbons (Fsp3) is 0.273. The van der Waals surface area contributed by atoms with Crippen molar-refractivity contribution in [3.05, 3.63) is 29.8 Å². The van der Waals surface area contributed by atoms with Crippen molar-refractivity contribution >= 4 is 12.3 Å². The second-order valence-electron chi connectivity index (χ2n) is 3.17. The van der Waals surface area contributed by atoms with Gasteiger partial charge in [-0.15, -0.1) is 0 Å². The zero-order valence-electron chi connectivity index (χ0n) is 8.68. The highest BCUT2D eigenvalue weighted by Crippen LogP contribution is 2.11. The fourth-order valence-corrected chi connectivity index (χ4v) is 0.587. The summed E-state index contributed by atoms with van der Waals surface area (Å²) in [6.07, 6.45) is 0.620. The first kappa shape index (κ1) is 13.2. The van der Waals surface area contributed by atoms with Crippen LogP contribution in [-0.2, 0) is 4.79 Å². The summed E-state index contributed by atoms with van der Waals surface area (Å²) in [4.78, 5) is 19.8. The number of carboxylic acid groups (broad SMARTS) is 1. The summed E-state index contributed by atoms with van der Waals surface area (Å²) in [6.45, 7) is 3.28. The molecular weight excluding hydrogens is 196 g/mol. The highest BCUT2D eigenvalue weighted by atomic mass is 16.4. The lowest BCUT2D eigenvalue weighted by molar-refractivity contribution is -0.140. The molecule has 1 aromatic carbocycles. The standard InChI is InChI=1S/C7H6O2.C4H8O2/c8-5-6-3-1-2-4-7(6)9;1-3(2)4(5)6/h1-5,9H;3H,1-2H3,(H,5,6). The predicted octanol–water partition coefficient (Wildman–Crippen LogP) is 1.93. The van der Waals surface area contributed by atoms with Crippen molar-refractivity contribution in [2.24, 2.45) is 5.92 Å². The van der Waals surface area contributed by atoms with E-state index < -0.39 is 5.97 Å². The summed E-state index contributed by atoms with van der Waals surface area (Å²) in [6, 6.07) is 6.40. The second kappa shape index (κ2) is 6.59. The van der Waals surface area contributed by atoms with Crippen molar-refractivity contribution in [1.29, 1.82) is 0 Å². The molecule has 0 aliphatic heterocycles. The minimum Gasteiger partial charge on any atom is -0.507 e. The number of benzene rings is 1. The van der Waals surface area contributed by atoms with E-state index in [9.17, 15) is 9.59 Å². The summed E-state index contributed by atoms with van der Waals surface area (Å²) in [5, 5.41) is 16.9. The van der Waals surface area contributed by atoms with Gasteiger partial charge in [-0.05, 0) is 12.1 Å². The third-order valence-corrected chi connectivity index (χ3v) is 1.56. The number of carboxylic acids is 1. The van der Waals surface area contributed by atoms with Crippen LogP contribution in [0.25, 0.3) is 0 Å². The molecule has 0 aliphatic carbocycles. The molecule has 0 amide bonds.